The van der Waals surface area contributed by atoms with E-state index in [1.165, 1.54) is 0 Å². The summed E-state index contributed by atoms with van der Waals surface area (Å²) in [4.78, 5) is 26.0. The molecule has 1 heterocycles. The first-order chi connectivity index (χ1) is 10.7. The van der Waals surface area contributed by atoms with Crippen molar-refractivity contribution in [2.24, 2.45) is 0 Å². The van der Waals surface area contributed by atoms with Gasteiger partial charge in [-0.25, -0.2) is 0 Å². The van der Waals surface area contributed by atoms with Crippen LogP contribution in [0.25, 0.3) is 0 Å². The Morgan fingerprint density at radius 1 is 1.41 bits per heavy atom. The van der Waals surface area contributed by atoms with E-state index in [-0.39, 0.29) is 18.2 Å². The van der Waals surface area contributed by atoms with Crippen molar-refractivity contribution in [1.82, 2.24) is 15.5 Å². The largest absolute Gasteiger partial charge is 0.383 e. The molecule has 0 spiro atoms. The molecule has 22 heavy (non-hydrogen) atoms. The van der Waals surface area contributed by atoms with Gasteiger partial charge in [0.15, 0.2) is 0 Å². The second-order valence-electron chi connectivity index (χ2n) is 5.29. The minimum atomic E-state index is -0.443. The number of rotatable bonds is 7. The first-order valence-electron chi connectivity index (χ1n) is 7.52. The Morgan fingerprint density at radius 2 is 2.18 bits per heavy atom. The monoisotopic (exact) mass is 305 g/mol. The zero-order valence-electron chi connectivity index (χ0n) is 12.9. The standard InChI is InChI=1S/C16H23N3O3/c1-22-10-9-19-8-7-17-14(16(19)21)11-15(20)18-12-13-5-3-2-4-6-13/h2-6,14,17H,7-12H2,1H3,(H,18,20). The normalized spacial score (nSPS) is 18.3. The number of nitrogens with zero attached hydrogens (tertiary/aromatic N) is 1. The van der Waals surface area contributed by atoms with Gasteiger partial charge in [0, 0.05) is 33.3 Å². The molecule has 1 aliphatic rings. The maximum Gasteiger partial charge on any atom is 0.240 e. The second-order valence-corrected chi connectivity index (χ2v) is 5.29. The SMILES string of the molecule is COCCN1CCNC(CC(=O)NCc2ccccc2)C1=O. The molecule has 6 nitrogen and oxygen atoms in total. The lowest BCUT2D eigenvalue weighted by atomic mass is 10.1. The van der Waals surface area contributed by atoms with E-state index in [2.05, 4.69) is 10.6 Å². The topological polar surface area (TPSA) is 70.7 Å². The number of ether oxygens (including phenoxy) is 1. The zero-order valence-corrected chi connectivity index (χ0v) is 12.9. The first-order valence-corrected chi connectivity index (χ1v) is 7.52. The van der Waals surface area contributed by atoms with Crippen LogP contribution in [0.2, 0.25) is 0 Å². The fourth-order valence-corrected chi connectivity index (χ4v) is 2.43. The molecule has 0 saturated carbocycles. The summed E-state index contributed by atoms with van der Waals surface area (Å²) in [7, 11) is 1.61. The molecule has 0 bridgehead atoms. The summed E-state index contributed by atoms with van der Waals surface area (Å²) in [5, 5.41) is 5.96. The third-order valence-corrected chi connectivity index (χ3v) is 3.67. The molecule has 6 heteroatoms. The van der Waals surface area contributed by atoms with E-state index in [4.69, 9.17) is 4.74 Å². The fraction of sp³-hybridized carbons (Fsp3) is 0.500. The van der Waals surface area contributed by atoms with Crippen LogP contribution in [0.5, 0.6) is 0 Å². The van der Waals surface area contributed by atoms with E-state index in [0.29, 0.717) is 32.8 Å². The number of methoxy groups -OCH3 is 1. The lowest BCUT2D eigenvalue weighted by Gasteiger charge is -2.32. The molecule has 0 radical (unpaired) electrons. The number of benzene rings is 1. The minimum Gasteiger partial charge on any atom is -0.383 e. The van der Waals surface area contributed by atoms with Crippen molar-refractivity contribution >= 4 is 11.8 Å². The van der Waals surface area contributed by atoms with Crippen molar-refractivity contribution < 1.29 is 14.3 Å². The van der Waals surface area contributed by atoms with Crippen LogP contribution in [0.15, 0.2) is 30.3 Å². The lowest BCUT2D eigenvalue weighted by molar-refractivity contribution is -0.138. The van der Waals surface area contributed by atoms with E-state index in [1.54, 1.807) is 12.0 Å². The van der Waals surface area contributed by atoms with E-state index in [0.717, 1.165) is 5.56 Å². The van der Waals surface area contributed by atoms with Gasteiger partial charge in [0.1, 0.15) is 0 Å². The summed E-state index contributed by atoms with van der Waals surface area (Å²) in [6.45, 7) is 2.92. The first kappa shape index (κ1) is 16.5. The Balaban J connectivity index is 1.79. The van der Waals surface area contributed by atoms with Crippen molar-refractivity contribution in [3.05, 3.63) is 35.9 Å². The summed E-state index contributed by atoms with van der Waals surface area (Å²) >= 11 is 0. The van der Waals surface area contributed by atoms with Gasteiger partial charge in [-0.2, -0.15) is 0 Å². The quantitative estimate of drug-likeness (QED) is 0.752. The Labute approximate surface area is 130 Å². The van der Waals surface area contributed by atoms with E-state index >= 15 is 0 Å². The van der Waals surface area contributed by atoms with Crippen LogP contribution in [0, 0.1) is 0 Å². The number of nitrogens with one attached hydrogen (secondary N) is 2. The van der Waals surface area contributed by atoms with Gasteiger partial charge in [-0.15, -0.1) is 0 Å². The average molecular weight is 305 g/mol. The number of amides is 2. The second kappa shape index (κ2) is 8.51. The van der Waals surface area contributed by atoms with Gasteiger partial charge in [0.05, 0.1) is 19.1 Å². The number of hydrogen-bond acceptors (Lipinski definition) is 4. The molecular formula is C16H23N3O3. The van der Waals surface area contributed by atoms with Crippen LogP contribution >= 0.6 is 0 Å². The summed E-state index contributed by atoms with van der Waals surface area (Å²) < 4.78 is 5.00. The molecule has 2 rings (SSSR count). The Bertz CT molecular complexity index is 493. The highest BCUT2D eigenvalue weighted by atomic mass is 16.5. The van der Waals surface area contributed by atoms with Crippen LogP contribution in [-0.4, -0.2) is 56.1 Å². The highest BCUT2D eigenvalue weighted by Crippen LogP contribution is 2.05. The summed E-state index contributed by atoms with van der Waals surface area (Å²) in [5.74, 6) is -0.151. The Hall–Kier alpha value is -1.92. The third kappa shape index (κ3) is 4.82. The number of carbonyl (C=O) groups excluding carboxylic acids is 2. The third-order valence-electron chi connectivity index (χ3n) is 3.67. The predicted octanol–water partition coefficient (Wildman–Crippen LogP) is 0.140. The molecule has 1 atom stereocenters. The minimum absolute atomic E-state index is 0.0295. The van der Waals surface area contributed by atoms with Crippen molar-refractivity contribution in [3.8, 4) is 0 Å². The van der Waals surface area contributed by atoms with Gasteiger partial charge < -0.3 is 20.3 Å². The molecule has 1 aliphatic heterocycles. The molecule has 2 amide bonds. The van der Waals surface area contributed by atoms with Crippen molar-refractivity contribution in [2.45, 2.75) is 19.0 Å². The van der Waals surface area contributed by atoms with Gasteiger partial charge in [0.25, 0.3) is 0 Å². The Kier molecular flexibility index (Phi) is 6.36. The molecule has 0 aromatic heterocycles. The molecule has 120 valence electrons. The molecule has 1 fully saturated rings. The maximum atomic E-state index is 12.3. The average Bonchev–Trinajstić information content (AvgIpc) is 2.55. The van der Waals surface area contributed by atoms with E-state index in [9.17, 15) is 9.59 Å². The van der Waals surface area contributed by atoms with Gasteiger partial charge in [-0.05, 0) is 5.56 Å². The van der Waals surface area contributed by atoms with Crippen molar-refractivity contribution in [2.75, 3.05) is 33.4 Å². The number of hydrogen-bond donors (Lipinski definition) is 2. The highest BCUT2D eigenvalue weighted by molar-refractivity contribution is 5.88. The van der Waals surface area contributed by atoms with Crippen LogP contribution in [-0.2, 0) is 20.9 Å². The molecule has 1 aromatic carbocycles. The molecule has 0 aliphatic carbocycles. The Morgan fingerprint density at radius 3 is 2.91 bits per heavy atom. The van der Waals surface area contributed by atoms with E-state index < -0.39 is 6.04 Å². The van der Waals surface area contributed by atoms with Crippen LogP contribution in [0.4, 0.5) is 0 Å². The van der Waals surface area contributed by atoms with Gasteiger partial charge in [-0.1, -0.05) is 30.3 Å². The maximum absolute atomic E-state index is 12.3. The van der Waals surface area contributed by atoms with Crippen molar-refractivity contribution in [1.29, 1.82) is 0 Å². The lowest BCUT2D eigenvalue weighted by Crippen LogP contribution is -2.56. The summed E-state index contributed by atoms with van der Waals surface area (Å²) in [6, 6.07) is 9.27. The fourth-order valence-electron chi connectivity index (χ4n) is 2.43. The molecular weight excluding hydrogens is 282 g/mol. The van der Waals surface area contributed by atoms with Crippen molar-refractivity contribution in [3.63, 3.8) is 0 Å². The zero-order chi connectivity index (χ0) is 15.8. The molecule has 1 unspecified atom stereocenters. The van der Waals surface area contributed by atoms with Gasteiger partial charge in [0.2, 0.25) is 11.8 Å². The van der Waals surface area contributed by atoms with Crippen LogP contribution < -0.4 is 10.6 Å². The van der Waals surface area contributed by atoms with Crippen LogP contribution in [0.1, 0.15) is 12.0 Å². The summed E-state index contributed by atoms with van der Waals surface area (Å²) in [5.41, 5.74) is 1.04. The summed E-state index contributed by atoms with van der Waals surface area (Å²) in [6.07, 6.45) is 0.162. The molecule has 1 saturated heterocycles. The van der Waals surface area contributed by atoms with Gasteiger partial charge >= 0.3 is 0 Å². The number of carbonyl (C=O) groups is 2. The van der Waals surface area contributed by atoms with Gasteiger partial charge in [-0.3, -0.25) is 9.59 Å². The number of piperazine rings is 1. The molecule has 2 N–H and O–H groups in total. The highest BCUT2D eigenvalue weighted by Gasteiger charge is 2.29. The predicted molar refractivity (Wildman–Crippen MR) is 83.2 cm³/mol. The molecule has 1 aromatic rings. The van der Waals surface area contributed by atoms with Crippen LogP contribution in [0.3, 0.4) is 0 Å². The van der Waals surface area contributed by atoms with E-state index in [1.807, 2.05) is 30.3 Å². The smallest absolute Gasteiger partial charge is 0.240 e.